The van der Waals surface area contributed by atoms with Crippen LogP contribution in [0.1, 0.15) is 73.4 Å². The summed E-state index contributed by atoms with van der Waals surface area (Å²) in [4.78, 5) is 12.6. The van der Waals surface area contributed by atoms with E-state index >= 15 is 0 Å². The van der Waals surface area contributed by atoms with Gasteiger partial charge in [-0.25, -0.2) is 8.42 Å². The highest BCUT2D eigenvalue weighted by atomic mass is 32.2. The van der Waals surface area contributed by atoms with Crippen molar-refractivity contribution in [2.45, 2.75) is 66.3 Å². The third-order valence-corrected chi connectivity index (χ3v) is 7.22. The molecule has 2 rings (SSSR count). The van der Waals surface area contributed by atoms with E-state index in [0.29, 0.717) is 18.0 Å². The summed E-state index contributed by atoms with van der Waals surface area (Å²) in [6.07, 6.45) is 1.87. The Morgan fingerprint density at radius 1 is 1.00 bits per heavy atom. The SMILES string of the molecule is COc1cc(C)c([C@H](C)NC(=O)CCCN(c2ccc(C)c(C)c2)S(C)(=O)=O)cc1C(C)C. The number of carbonyl (C=O) groups is 1. The third-order valence-electron chi connectivity index (χ3n) is 6.03. The Kier molecular flexibility index (Phi) is 8.95. The molecule has 0 fully saturated rings. The van der Waals surface area contributed by atoms with Gasteiger partial charge in [0.05, 0.1) is 25.1 Å². The topological polar surface area (TPSA) is 75.7 Å². The molecule has 1 amide bonds. The lowest BCUT2D eigenvalue weighted by Crippen LogP contribution is -2.32. The van der Waals surface area contributed by atoms with Crippen molar-refractivity contribution in [2.24, 2.45) is 0 Å². The number of nitrogens with one attached hydrogen (secondary N) is 1. The summed E-state index contributed by atoms with van der Waals surface area (Å²) in [6.45, 7) is 12.4. The highest BCUT2D eigenvalue weighted by molar-refractivity contribution is 7.92. The maximum atomic E-state index is 12.6. The Labute approximate surface area is 199 Å². The van der Waals surface area contributed by atoms with Gasteiger partial charge < -0.3 is 10.1 Å². The number of carbonyl (C=O) groups excluding carboxylic acids is 1. The molecule has 7 heteroatoms. The molecule has 0 aliphatic heterocycles. The molecule has 0 aliphatic carbocycles. The zero-order chi connectivity index (χ0) is 24.9. The van der Waals surface area contributed by atoms with Crippen LogP contribution in [0.2, 0.25) is 0 Å². The Bertz CT molecular complexity index is 1090. The molecular weight excluding hydrogens is 436 g/mol. The fourth-order valence-corrected chi connectivity index (χ4v) is 4.91. The molecule has 0 heterocycles. The van der Waals surface area contributed by atoms with Crippen molar-refractivity contribution in [1.29, 1.82) is 0 Å². The number of sulfonamides is 1. The molecule has 0 saturated carbocycles. The molecule has 0 spiro atoms. The number of rotatable bonds is 10. The molecule has 2 aromatic rings. The molecule has 0 aliphatic rings. The summed E-state index contributed by atoms with van der Waals surface area (Å²) >= 11 is 0. The Balaban J connectivity index is 2.05. The van der Waals surface area contributed by atoms with E-state index in [1.165, 1.54) is 10.6 Å². The van der Waals surface area contributed by atoms with Crippen molar-refractivity contribution >= 4 is 21.6 Å². The van der Waals surface area contributed by atoms with Gasteiger partial charge in [0.25, 0.3) is 0 Å². The van der Waals surface area contributed by atoms with E-state index < -0.39 is 10.0 Å². The summed E-state index contributed by atoms with van der Waals surface area (Å²) < 4.78 is 31.6. The van der Waals surface area contributed by atoms with Crippen molar-refractivity contribution < 1.29 is 17.9 Å². The number of ether oxygens (including phenoxy) is 1. The first-order valence-electron chi connectivity index (χ1n) is 11.4. The predicted octanol–water partition coefficient (Wildman–Crippen LogP) is 5.17. The van der Waals surface area contributed by atoms with Gasteiger partial charge in [-0.2, -0.15) is 0 Å². The van der Waals surface area contributed by atoms with Gasteiger partial charge in [-0.1, -0.05) is 19.9 Å². The van der Waals surface area contributed by atoms with Crippen LogP contribution >= 0.6 is 0 Å². The minimum Gasteiger partial charge on any atom is -0.496 e. The number of aryl methyl sites for hydroxylation is 3. The van der Waals surface area contributed by atoms with E-state index in [-0.39, 0.29) is 24.9 Å². The minimum absolute atomic E-state index is 0.0997. The first-order valence-corrected chi connectivity index (χ1v) is 13.2. The molecule has 0 bridgehead atoms. The van der Waals surface area contributed by atoms with Crippen LogP contribution in [0.25, 0.3) is 0 Å². The summed E-state index contributed by atoms with van der Waals surface area (Å²) in [5.41, 5.74) is 5.99. The van der Waals surface area contributed by atoms with E-state index in [1.807, 2.05) is 52.0 Å². The van der Waals surface area contributed by atoms with Gasteiger partial charge in [0.1, 0.15) is 5.75 Å². The zero-order valence-corrected chi connectivity index (χ0v) is 22.0. The molecule has 0 saturated heterocycles. The average molecular weight is 475 g/mol. The molecule has 33 heavy (non-hydrogen) atoms. The maximum Gasteiger partial charge on any atom is 0.232 e. The van der Waals surface area contributed by atoms with Gasteiger partial charge in [-0.05, 0) is 92.1 Å². The van der Waals surface area contributed by atoms with Gasteiger partial charge >= 0.3 is 0 Å². The van der Waals surface area contributed by atoms with Crippen molar-refractivity contribution in [3.8, 4) is 5.75 Å². The van der Waals surface area contributed by atoms with E-state index in [9.17, 15) is 13.2 Å². The van der Waals surface area contributed by atoms with Crippen LogP contribution in [-0.2, 0) is 14.8 Å². The number of benzene rings is 2. The van der Waals surface area contributed by atoms with E-state index in [4.69, 9.17) is 4.74 Å². The van der Waals surface area contributed by atoms with Gasteiger partial charge in [-0.15, -0.1) is 0 Å². The lowest BCUT2D eigenvalue weighted by atomic mass is 9.93. The second-order valence-electron chi connectivity index (χ2n) is 9.10. The van der Waals surface area contributed by atoms with Gasteiger partial charge in [0.2, 0.25) is 15.9 Å². The van der Waals surface area contributed by atoms with Gasteiger partial charge in [0.15, 0.2) is 0 Å². The summed E-state index contributed by atoms with van der Waals surface area (Å²) in [7, 11) is -1.78. The molecule has 182 valence electrons. The summed E-state index contributed by atoms with van der Waals surface area (Å²) in [5, 5.41) is 3.06. The van der Waals surface area contributed by atoms with Crippen LogP contribution < -0.4 is 14.4 Å². The molecule has 1 N–H and O–H groups in total. The van der Waals surface area contributed by atoms with Crippen molar-refractivity contribution in [3.63, 3.8) is 0 Å². The average Bonchev–Trinajstić information content (AvgIpc) is 2.71. The Morgan fingerprint density at radius 3 is 2.21 bits per heavy atom. The van der Waals surface area contributed by atoms with Crippen molar-refractivity contribution in [1.82, 2.24) is 5.32 Å². The van der Waals surface area contributed by atoms with Crippen molar-refractivity contribution in [3.05, 3.63) is 58.1 Å². The maximum absolute atomic E-state index is 12.6. The van der Waals surface area contributed by atoms with E-state index in [2.05, 4.69) is 25.2 Å². The zero-order valence-electron chi connectivity index (χ0n) is 21.2. The van der Waals surface area contributed by atoms with Gasteiger partial charge in [-0.3, -0.25) is 9.10 Å². The van der Waals surface area contributed by atoms with Crippen LogP contribution in [0, 0.1) is 20.8 Å². The summed E-state index contributed by atoms with van der Waals surface area (Å²) in [6, 6.07) is 9.56. The van der Waals surface area contributed by atoms with Crippen LogP contribution in [-0.4, -0.2) is 34.2 Å². The number of hydrogen-bond donors (Lipinski definition) is 1. The van der Waals surface area contributed by atoms with Crippen molar-refractivity contribution in [2.75, 3.05) is 24.2 Å². The third kappa shape index (κ3) is 6.97. The fraction of sp³-hybridized carbons (Fsp3) is 0.500. The minimum atomic E-state index is -3.45. The van der Waals surface area contributed by atoms with Gasteiger partial charge in [0, 0.05) is 13.0 Å². The summed E-state index contributed by atoms with van der Waals surface area (Å²) in [5.74, 6) is 1.06. The largest absolute Gasteiger partial charge is 0.496 e. The normalized spacial score (nSPS) is 12.5. The Morgan fingerprint density at radius 2 is 1.67 bits per heavy atom. The number of methoxy groups -OCH3 is 1. The molecule has 1 atom stereocenters. The molecular formula is C26H38N2O4S. The monoisotopic (exact) mass is 474 g/mol. The molecule has 6 nitrogen and oxygen atoms in total. The first-order chi connectivity index (χ1) is 15.3. The highest BCUT2D eigenvalue weighted by Gasteiger charge is 2.20. The number of amides is 1. The number of hydrogen-bond acceptors (Lipinski definition) is 4. The lowest BCUT2D eigenvalue weighted by molar-refractivity contribution is -0.121. The molecule has 0 aromatic heterocycles. The highest BCUT2D eigenvalue weighted by Crippen LogP contribution is 2.32. The Hall–Kier alpha value is -2.54. The second kappa shape index (κ2) is 11.1. The first kappa shape index (κ1) is 26.7. The standard InChI is InChI=1S/C26H38N2O4S/c1-17(2)23-16-24(20(5)15-25(23)32-7)21(6)27-26(29)10-9-13-28(33(8,30)31)22-12-11-18(3)19(4)14-22/h11-12,14-17,21H,9-10,13H2,1-8H3,(H,27,29)/t21-/m0/s1. The second-order valence-corrected chi connectivity index (χ2v) is 11.0. The van der Waals surface area contributed by atoms with Crippen LogP contribution in [0.15, 0.2) is 30.3 Å². The number of nitrogens with zero attached hydrogens (tertiary/aromatic N) is 1. The van der Waals surface area contributed by atoms with Crippen LogP contribution in [0.5, 0.6) is 5.75 Å². The molecule has 0 radical (unpaired) electrons. The van der Waals surface area contributed by atoms with E-state index in [0.717, 1.165) is 33.6 Å². The fourth-order valence-electron chi connectivity index (χ4n) is 3.95. The van der Waals surface area contributed by atoms with E-state index in [1.54, 1.807) is 7.11 Å². The quantitative estimate of drug-likeness (QED) is 0.516. The lowest BCUT2D eigenvalue weighted by Gasteiger charge is -2.24. The van der Waals surface area contributed by atoms with Crippen LogP contribution in [0.4, 0.5) is 5.69 Å². The number of anilines is 1. The molecule has 2 aromatic carbocycles. The van der Waals surface area contributed by atoms with Crippen LogP contribution in [0.3, 0.4) is 0 Å². The smallest absolute Gasteiger partial charge is 0.232 e. The molecule has 0 unspecified atom stereocenters. The predicted molar refractivity (Wildman–Crippen MR) is 136 cm³/mol.